The van der Waals surface area contributed by atoms with Crippen LogP contribution in [0.3, 0.4) is 0 Å². The van der Waals surface area contributed by atoms with Crippen molar-refractivity contribution in [2.45, 2.75) is 39.8 Å². The Balaban J connectivity index is 1.51. The Bertz CT molecular complexity index is 1050. The Labute approximate surface area is 189 Å². The maximum atomic E-state index is 12.5. The zero-order chi connectivity index (χ0) is 23.1. The average Bonchev–Trinajstić information content (AvgIpc) is 2.74. The molecule has 5 heteroatoms. The normalized spacial score (nSPS) is 11.1. The minimum absolute atomic E-state index is 0.132. The zero-order valence-corrected chi connectivity index (χ0v) is 19.0. The number of esters is 2. The number of ether oxygens (including phenoxy) is 2. The molecule has 0 aliphatic carbocycles. The molecule has 32 heavy (non-hydrogen) atoms. The van der Waals surface area contributed by atoms with Gasteiger partial charge < -0.3 is 14.8 Å². The largest absolute Gasteiger partial charge is 0.459 e. The van der Waals surface area contributed by atoms with Gasteiger partial charge in [0.1, 0.15) is 11.4 Å². The van der Waals surface area contributed by atoms with E-state index in [9.17, 15) is 9.59 Å². The van der Waals surface area contributed by atoms with Crippen LogP contribution in [0.25, 0.3) is 11.1 Å². The molecule has 0 spiro atoms. The van der Waals surface area contributed by atoms with E-state index in [4.69, 9.17) is 9.47 Å². The summed E-state index contributed by atoms with van der Waals surface area (Å²) in [4.78, 5) is 24.2. The lowest BCUT2D eigenvalue weighted by atomic mass is 10.0. The Morgan fingerprint density at radius 1 is 0.812 bits per heavy atom. The van der Waals surface area contributed by atoms with Gasteiger partial charge in [-0.15, -0.1) is 0 Å². The first kappa shape index (κ1) is 23.2. The quantitative estimate of drug-likeness (QED) is 0.406. The second kappa shape index (κ2) is 10.2. The molecule has 0 aliphatic heterocycles. The number of aryl methyl sites for hydroxylation is 1. The lowest BCUT2D eigenvalue weighted by Gasteiger charge is -2.19. The Hall–Kier alpha value is -3.44. The lowest BCUT2D eigenvalue weighted by molar-refractivity contribution is -0.153. The van der Waals surface area contributed by atoms with Gasteiger partial charge in [0.25, 0.3) is 0 Å². The van der Waals surface area contributed by atoms with Crippen LogP contribution >= 0.6 is 0 Å². The van der Waals surface area contributed by atoms with Crippen molar-refractivity contribution in [2.75, 3.05) is 6.54 Å². The molecule has 0 aromatic heterocycles. The molecule has 0 saturated carbocycles. The van der Waals surface area contributed by atoms with Crippen LogP contribution in [0.2, 0.25) is 0 Å². The molecule has 3 aromatic rings. The third kappa shape index (κ3) is 7.06. The maximum absolute atomic E-state index is 12.5. The summed E-state index contributed by atoms with van der Waals surface area (Å²) in [5, 5.41) is 3.05. The number of rotatable bonds is 7. The Morgan fingerprint density at radius 3 is 1.94 bits per heavy atom. The van der Waals surface area contributed by atoms with Gasteiger partial charge in [-0.25, -0.2) is 4.79 Å². The Morgan fingerprint density at radius 2 is 1.38 bits per heavy atom. The number of carbonyl (C=O) groups is 2. The van der Waals surface area contributed by atoms with Crippen LogP contribution < -0.4 is 10.1 Å². The summed E-state index contributed by atoms with van der Waals surface area (Å²) >= 11 is 0. The minimum Gasteiger partial charge on any atom is -0.459 e. The van der Waals surface area contributed by atoms with E-state index >= 15 is 0 Å². The van der Waals surface area contributed by atoms with Crippen molar-refractivity contribution in [1.29, 1.82) is 0 Å². The van der Waals surface area contributed by atoms with E-state index in [2.05, 4.69) is 36.5 Å². The molecule has 166 valence electrons. The summed E-state index contributed by atoms with van der Waals surface area (Å²) in [6.07, 6.45) is 0. The van der Waals surface area contributed by atoms with E-state index in [-0.39, 0.29) is 12.5 Å². The first-order valence-electron chi connectivity index (χ1n) is 10.6. The minimum atomic E-state index is -0.495. The Kier molecular flexibility index (Phi) is 7.44. The van der Waals surface area contributed by atoms with E-state index in [0.717, 1.165) is 16.7 Å². The highest BCUT2D eigenvalue weighted by Gasteiger charge is 2.15. The SMILES string of the molecule is Cc1ccc(-c2ccc(C(=O)Oc3ccc(CNCC(=O)OC(C)(C)C)cc3)cc2)cc1. The van der Waals surface area contributed by atoms with Crippen LogP contribution in [0, 0.1) is 6.92 Å². The van der Waals surface area contributed by atoms with E-state index in [1.54, 1.807) is 24.3 Å². The van der Waals surface area contributed by atoms with Gasteiger partial charge in [-0.3, -0.25) is 4.79 Å². The molecule has 3 aromatic carbocycles. The molecule has 0 unspecified atom stereocenters. The molecule has 3 rings (SSSR count). The molecule has 1 N–H and O–H groups in total. The molecule has 0 fully saturated rings. The molecular formula is C27H29NO4. The van der Waals surface area contributed by atoms with Gasteiger partial charge in [0, 0.05) is 6.54 Å². The van der Waals surface area contributed by atoms with Crippen LogP contribution in [-0.4, -0.2) is 24.1 Å². The van der Waals surface area contributed by atoms with Crippen molar-refractivity contribution < 1.29 is 19.1 Å². The summed E-state index contributed by atoms with van der Waals surface area (Å²) in [6, 6.07) is 22.8. The van der Waals surface area contributed by atoms with Crippen molar-refractivity contribution in [1.82, 2.24) is 5.32 Å². The lowest BCUT2D eigenvalue weighted by Crippen LogP contribution is -2.31. The second-order valence-electron chi connectivity index (χ2n) is 8.67. The molecule has 0 heterocycles. The topological polar surface area (TPSA) is 64.6 Å². The van der Waals surface area contributed by atoms with Gasteiger partial charge >= 0.3 is 11.9 Å². The number of benzene rings is 3. The maximum Gasteiger partial charge on any atom is 0.343 e. The highest BCUT2D eigenvalue weighted by atomic mass is 16.6. The summed E-state index contributed by atoms with van der Waals surface area (Å²) in [5.74, 6) is -0.235. The second-order valence-corrected chi connectivity index (χ2v) is 8.67. The highest BCUT2D eigenvalue weighted by Crippen LogP contribution is 2.21. The average molecular weight is 432 g/mol. The van der Waals surface area contributed by atoms with Crippen LogP contribution in [0.5, 0.6) is 5.75 Å². The summed E-state index contributed by atoms with van der Waals surface area (Å²) < 4.78 is 10.7. The first-order valence-corrected chi connectivity index (χ1v) is 10.6. The fraction of sp³-hybridized carbons (Fsp3) is 0.259. The van der Waals surface area contributed by atoms with Crippen molar-refractivity contribution in [3.63, 3.8) is 0 Å². The number of nitrogens with one attached hydrogen (secondary N) is 1. The molecule has 5 nitrogen and oxygen atoms in total. The van der Waals surface area contributed by atoms with Crippen LogP contribution in [0.4, 0.5) is 0 Å². The smallest absolute Gasteiger partial charge is 0.343 e. The third-order valence-electron chi connectivity index (χ3n) is 4.66. The van der Waals surface area contributed by atoms with Crippen LogP contribution in [0.1, 0.15) is 42.3 Å². The van der Waals surface area contributed by atoms with Crippen LogP contribution in [-0.2, 0) is 16.1 Å². The first-order chi connectivity index (χ1) is 15.2. The summed E-state index contributed by atoms with van der Waals surface area (Å²) in [5.41, 5.74) is 4.32. The molecule has 0 radical (unpaired) electrons. The van der Waals surface area contributed by atoms with E-state index in [1.165, 1.54) is 5.56 Å². The number of hydrogen-bond acceptors (Lipinski definition) is 5. The van der Waals surface area contributed by atoms with Gasteiger partial charge in [-0.05, 0) is 68.7 Å². The predicted molar refractivity (Wildman–Crippen MR) is 126 cm³/mol. The van der Waals surface area contributed by atoms with E-state index in [1.807, 2.05) is 45.0 Å². The van der Waals surface area contributed by atoms with Gasteiger partial charge in [0.15, 0.2) is 0 Å². The van der Waals surface area contributed by atoms with Crippen molar-refractivity contribution >= 4 is 11.9 Å². The molecule has 0 aliphatic rings. The van der Waals surface area contributed by atoms with E-state index in [0.29, 0.717) is 17.9 Å². The third-order valence-corrected chi connectivity index (χ3v) is 4.66. The standard InChI is InChI=1S/C27H29NO4/c1-19-5-9-21(10-6-19)22-11-13-23(14-12-22)26(30)31-24-15-7-20(8-16-24)17-28-18-25(29)32-27(2,3)4/h5-16,28H,17-18H2,1-4H3. The van der Waals surface area contributed by atoms with E-state index < -0.39 is 11.6 Å². The fourth-order valence-corrected chi connectivity index (χ4v) is 3.07. The van der Waals surface area contributed by atoms with Gasteiger partial charge in [-0.2, -0.15) is 0 Å². The molecular weight excluding hydrogens is 402 g/mol. The monoisotopic (exact) mass is 431 g/mol. The molecule has 0 amide bonds. The summed E-state index contributed by atoms with van der Waals surface area (Å²) in [6.45, 7) is 8.20. The highest BCUT2D eigenvalue weighted by molar-refractivity contribution is 5.91. The predicted octanol–water partition coefficient (Wildman–Crippen LogP) is 5.31. The zero-order valence-electron chi connectivity index (χ0n) is 19.0. The molecule has 0 saturated heterocycles. The summed E-state index contributed by atoms with van der Waals surface area (Å²) in [7, 11) is 0. The number of hydrogen-bond donors (Lipinski definition) is 1. The number of carbonyl (C=O) groups excluding carboxylic acids is 2. The van der Waals surface area contributed by atoms with Crippen molar-refractivity contribution in [3.8, 4) is 16.9 Å². The van der Waals surface area contributed by atoms with Gasteiger partial charge in [0.2, 0.25) is 0 Å². The van der Waals surface area contributed by atoms with Gasteiger partial charge in [0.05, 0.1) is 12.1 Å². The fourth-order valence-electron chi connectivity index (χ4n) is 3.07. The molecule has 0 bridgehead atoms. The van der Waals surface area contributed by atoms with Crippen molar-refractivity contribution in [2.24, 2.45) is 0 Å². The molecule has 0 atom stereocenters. The van der Waals surface area contributed by atoms with Gasteiger partial charge in [-0.1, -0.05) is 54.1 Å². The van der Waals surface area contributed by atoms with Crippen LogP contribution in [0.15, 0.2) is 72.8 Å². The van der Waals surface area contributed by atoms with Crippen molar-refractivity contribution in [3.05, 3.63) is 89.5 Å².